The van der Waals surface area contributed by atoms with E-state index < -0.39 is 42.1 Å². The van der Waals surface area contributed by atoms with E-state index in [2.05, 4.69) is 4.84 Å². The van der Waals surface area contributed by atoms with E-state index in [-0.39, 0.29) is 11.6 Å². The number of carbonyl (C=O) groups excluding carboxylic acids is 1. The fourth-order valence-electron chi connectivity index (χ4n) is 1.70. The number of nitrogens with zero attached hydrogens (tertiary/aromatic N) is 1. The van der Waals surface area contributed by atoms with Crippen molar-refractivity contribution < 1.29 is 40.7 Å². The quantitative estimate of drug-likeness (QED) is 0.593. The van der Waals surface area contributed by atoms with Crippen molar-refractivity contribution in [3.63, 3.8) is 0 Å². The first-order chi connectivity index (χ1) is 10.9. The third-order valence-corrected chi connectivity index (χ3v) is 3.16. The van der Waals surface area contributed by atoms with Crippen LogP contribution in [0.1, 0.15) is 29.7 Å². The average molecular weight is 359 g/mol. The maximum Gasteiger partial charge on any atom is 0.416 e. The predicted molar refractivity (Wildman–Crippen MR) is 70.6 cm³/mol. The minimum absolute atomic E-state index is 0.0279. The summed E-state index contributed by atoms with van der Waals surface area (Å²) < 4.78 is 81.7. The molecular weight excluding hydrogens is 344 g/mol. The first-order valence-corrected chi connectivity index (χ1v) is 6.58. The maximum atomic E-state index is 12.8. The van der Waals surface area contributed by atoms with Crippen LogP contribution in [-0.4, -0.2) is 31.7 Å². The summed E-state index contributed by atoms with van der Waals surface area (Å²) in [5.74, 6) is -0.646. The van der Waals surface area contributed by atoms with Gasteiger partial charge in [0, 0.05) is 7.05 Å². The van der Waals surface area contributed by atoms with E-state index in [1.807, 2.05) is 0 Å². The van der Waals surface area contributed by atoms with Crippen molar-refractivity contribution in [1.29, 1.82) is 0 Å². The van der Waals surface area contributed by atoms with Gasteiger partial charge in [-0.2, -0.15) is 26.3 Å². The Labute approximate surface area is 133 Å². The molecular formula is C14H15F6NO3. The average Bonchev–Trinajstić information content (AvgIpc) is 2.49. The number of ether oxygens (including phenoxy) is 1. The standard InChI is InChI=1S/C14H15F6NO3/c1-8(24-7-12(22)21(2)23-3)9-4-10(13(15,16)17)6-11(5-9)14(18,19)20/h4-6,8H,7H2,1-3H3. The summed E-state index contributed by atoms with van der Waals surface area (Å²) in [6.45, 7) is 0.679. The zero-order chi connectivity index (χ0) is 18.7. The topological polar surface area (TPSA) is 38.8 Å². The highest BCUT2D eigenvalue weighted by molar-refractivity contribution is 5.76. The van der Waals surface area contributed by atoms with Gasteiger partial charge in [-0.3, -0.25) is 9.63 Å². The molecule has 0 bridgehead atoms. The van der Waals surface area contributed by atoms with Crippen LogP contribution >= 0.6 is 0 Å². The molecule has 0 aliphatic carbocycles. The third kappa shape index (κ3) is 5.38. The molecule has 0 N–H and O–H groups in total. The van der Waals surface area contributed by atoms with E-state index in [9.17, 15) is 31.1 Å². The van der Waals surface area contributed by atoms with Crippen molar-refractivity contribution in [3.8, 4) is 0 Å². The lowest BCUT2D eigenvalue weighted by Crippen LogP contribution is -2.29. The number of hydrogen-bond acceptors (Lipinski definition) is 3. The second-order valence-corrected chi connectivity index (χ2v) is 4.87. The summed E-state index contributed by atoms with van der Waals surface area (Å²) in [4.78, 5) is 16.1. The Morgan fingerprint density at radius 2 is 1.54 bits per heavy atom. The minimum Gasteiger partial charge on any atom is -0.364 e. The summed E-state index contributed by atoms with van der Waals surface area (Å²) in [6, 6.07) is 1.15. The number of hydrogen-bond donors (Lipinski definition) is 0. The van der Waals surface area contributed by atoms with Crippen molar-refractivity contribution in [3.05, 3.63) is 34.9 Å². The molecule has 0 saturated carbocycles. The molecule has 1 amide bonds. The number of amides is 1. The molecule has 1 aromatic carbocycles. The molecule has 0 aliphatic rings. The number of benzene rings is 1. The molecule has 0 spiro atoms. The minimum atomic E-state index is -4.94. The lowest BCUT2D eigenvalue weighted by Gasteiger charge is -2.19. The van der Waals surface area contributed by atoms with Gasteiger partial charge >= 0.3 is 12.4 Å². The van der Waals surface area contributed by atoms with Crippen LogP contribution < -0.4 is 0 Å². The van der Waals surface area contributed by atoms with E-state index in [4.69, 9.17) is 4.74 Å². The third-order valence-electron chi connectivity index (χ3n) is 3.16. The number of carbonyl (C=O) groups is 1. The molecule has 24 heavy (non-hydrogen) atoms. The fourth-order valence-corrected chi connectivity index (χ4v) is 1.70. The zero-order valence-corrected chi connectivity index (χ0v) is 13.0. The zero-order valence-electron chi connectivity index (χ0n) is 13.0. The molecule has 0 aliphatic heterocycles. The molecule has 1 atom stereocenters. The second kappa shape index (κ2) is 7.39. The SMILES string of the molecule is CON(C)C(=O)COC(C)c1cc(C(F)(F)F)cc(C(F)(F)F)c1. The first kappa shape index (κ1) is 20.2. The van der Waals surface area contributed by atoms with Gasteiger partial charge in [0.1, 0.15) is 6.61 Å². The Morgan fingerprint density at radius 1 is 1.08 bits per heavy atom. The Kier molecular flexibility index (Phi) is 6.23. The molecule has 4 nitrogen and oxygen atoms in total. The highest BCUT2D eigenvalue weighted by atomic mass is 19.4. The maximum absolute atomic E-state index is 12.8. The molecule has 10 heteroatoms. The van der Waals surface area contributed by atoms with Gasteiger partial charge in [-0.05, 0) is 30.7 Å². The van der Waals surface area contributed by atoms with Gasteiger partial charge in [0.05, 0.1) is 24.3 Å². The van der Waals surface area contributed by atoms with Crippen LogP contribution in [0.4, 0.5) is 26.3 Å². The van der Waals surface area contributed by atoms with Gasteiger partial charge < -0.3 is 4.74 Å². The van der Waals surface area contributed by atoms with Gasteiger partial charge in [0.2, 0.25) is 0 Å². The number of halogens is 6. The molecule has 0 heterocycles. The van der Waals surface area contributed by atoms with Crippen LogP contribution in [-0.2, 0) is 26.7 Å². The normalized spacial score (nSPS) is 13.7. The smallest absolute Gasteiger partial charge is 0.364 e. The summed E-state index contributed by atoms with van der Waals surface area (Å²) in [7, 11) is 2.49. The van der Waals surface area contributed by atoms with Gasteiger partial charge in [-0.1, -0.05) is 0 Å². The highest BCUT2D eigenvalue weighted by Gasteiger charge is 2.37. The Bertz CT molecular complexity index is 553. The van der Waals surface area contributed by atoms with Crippen LogP contribution in [0.2, 0.25) is 0 Å². The predicted octanol–water partition coefficient (Wildman–Crippen LogP) is 3.82. The van der Waals surface area contributed by atoms with E-state index in [0.29, 0.717) is 12.1 Å². The Balaban J connectivity index is 3.07. The van der Waals surface area contributed by atoms with Crippen LogP contribution in [0.3, 0.4) is 0 Å². The summed E-state index contributed by atoms with van der Waals surface area (Å²) in [5.41, 5.74) is -3.23. The molecule has 1 rings (SSSR count). The van der Waals surface area contributed by atoms with E-state index in [1.165, 1.54) is 21.1 Å². The monoisotopic (exact) mass is 359 g/mol. The number of hydroxylamine groups is 2. The molecule has 136 valence electrons. The van der Waals surface area contributed by atoms with Crippen molar-refractivity contribution in [2.24, 2.45) is 0 Å². The fraction of sp³-hybridized carbons (Fsp3) is 0.500. The van der Waals surface area contributed by atoms with E-state index >= 15 is 0 Å². The van der Waals surface area contributed by atoms with Gasteiger partial charge in [0.15, 0.2) is 0 Å². The number of rotatable bonds is 5. The van der Waals surface area contributed by atoms with E-state index in [1.54, 1.807) is 0 Å². The summed E-state index contributed by atoms with van der Waals surface area (Å²) in [6.07, 6.45) is -11.0. The molecule has 0 saturated heterocycles. The summed E-state index contributed by atoms with van der Waals surface area (Å²) in [5, 5.41) is 0.819. The van der Waals surface area contributed by atoms with Gasteiger partial charge in [0.25, 0.3) is 5.91 Å². The molecule has 1 unspecified atom stereocenters. The van der Waals surface area contributed by atoms with Gasteiger partial charge in [-0.25, -0.2) is 5.06 Å². The largest absolute Gasteiger partial charge is 0.416 e. The molecule has 0 radical (unpaired) electrons. The van der Waals surface area contributed by atoms with Gasteiger partial charge in [-0.15, -0.1) is 0 Å². The van der Waals surface area contributed by atoms with Crippen molar-refractivity contribution in [2.75, 3.05) is 20.8 Å². The summed E-state index contributed by atoms with van der Waals surface area (Å²) >= 11 is 0. The number of likely N-dealkylation sites (N-methyl/N-ethyl adjacent to an activating group) is 1. The first-order valence-electron chi connectivity index (χ1n) is 6.58. The van der Waals surface area contributed by atoms with Crippen LogP contribution in [0.5, 0.6) is 0 Å². The van der Waals surface area contributed by atoms with Crippen molar-refractivity contribution in [2.45, 2.75) is 25.4 Å². The molecule has 1 aromatic rings. The molecule has 0 fully saturated rings. The highest BCUT2D eigenvalue weighted by Crippen LogP contribution is 2.37. The van der Waals surface area contributed by atoms with Crippen LogP contribution in [0.25, 0.3) is 0 Å². The Morgan fingerprint density at radius 3 is 1.92 bits per heavy atom. The van der Waals surface area contributed by atoms with Crippen LogP contribution in [0.15, 0.2) is 18.2 Å². The number of alkyl halides is 6. The van der Waals surface area contributed by atoms with Crippen molar-refractivity contribution in [1.82, 2.24) is 5.06 Å². The lowest BCUT2D eigenvalue weighted by atomic mass is 10.0. The lowest BCUT2D eigenvalue weighted by molar-refractivity contribution is -0.175. The second-order valence-electron chi connectivity index (χ2n) is 4.87. The molecule has 0 aromatic heterocycles. The van der Waals surface area contributed by atoms with E-state index in [0.717, 1.165) is 5.06 Å². The Hall–Kier alpha value is -1.81. The van der Waals surface area contributed by atoms with Crippen LogP contribution in [0, 0.1) is 0 Å². The van der Waals surface area contributed by atoms with Crippen molar-refractivity contribution >= 4 is 5.91 Å².